The number of esters is 1. The Morgan fingerprint density at radius 2 is 1.97 bits per heavy atom. The Bertz CT molecular complexity index is 954. The Morgan fingerprint density at radius 1 is 1.13 bits per heavy atom. The van der Waals surface area contributed by atoms with Crippen LogP contribution in [0.25, 0.3) is 17.2 Å². The SMILES string of the molecule is C[C@H]1OC(=O)[C@@H]2C[C@@H]3CCCC[C@H]3[C@H](/C=C/c3ccc(-c4ccccc4Cl)cn3)[C@H]12. The van der Waals surface area contributed by atoms with Gasteiger partial charge in [0, 0.05) is 28.3 Å². The molecule has 1 aromatic heterocycles. The monoisotopic (exact) mass is 421 g/mol. The maximum Gasteiger partial charge on any atom is 0.309 e. The van der Waals surface area contributed by atoms with E-state index in [1.54, 1.807) is 0 Å². The fourth-order valence-corrected chi connectivity index (χ4v) is 6.40. The standard InChI is InChI=1S/C26H28ClNO2/c1-16-25-22(20-7-3-2-6-17(20)14-23(25)26(29)30-16)13-12-19-11-10-18(15-28-19)21-8-4-5-9-24(21)27/h4-5,8-13,15-17,20,22-23,25H,2-3,6-7,14H2,1H3/b13-12+/t16-,17+,20-,22+,23-,25+/m1/s1. The third-order valence-electron chi connectivity index (χ3n) is 7.54. The first-order chi connectivity index (χ1) is 14.6. The van der Waals surface area contributed by atoms with E-state index in [2.05, 4.69) is 30.1 Å². The molecule has 2 aliphatic carbocycles. The number of fused-ring (bicyclic) bond motifs is 2. The molecule has 2 saturated carbocycles. The third-order valence-corrected chi connectivity index (χ3v) is 7.86. The molecule has 2 aromatic rings. The Labute approximate surface area is 183 Å². The lowest BCUT2D eigenvalue weighted by Gasteiger charge is -2.45. The quantitative estimate of drug-likeness (QED) is 0.537. The van der Waals surface area contributed by atoms with Gasteiger partial charge in [0.05, 0.1) is 11.6 Å². The summed E-state index contributed by atoms with van der Waals surface area (Å²) >= 11 is 6.32. The Morgan fingerprint density at radius 3 is 2.77 bits per heavy atom. The lowest BCUT2D eigenvalue weighted by atomic mass is 9.57. The highest BCUT2D eigenvalue weighted by Crippen LogP contribution is 2.53. The number of halogens is 1. The first-order valence-corrected chi connectivity index (χ1v) is 11.6. The van der Waals surface area contributed by atoms with Crippen LogP contribution in [0.4, 0.5) is 0 Å². The van der Waals surface area contributed by atoms with Gasteiger partial charge in [-0.05, 0) is 55.7 Å². The van der Waals surface area contributed by atoms with Crippen LogP contribution in [-0.2, 0) is 9.53 Å². The Hall–Kier alpha value is -2.13. The van der Waals surface area contributed by atoms with E-state index in [0.717, 1.165) is 28.3 Å². The minimum Gasteiger partial charge on any atom is -0.462 e. The zero-order chi connectivity index (χ0) is 20.7. The van der Waals surface area contributed by atoms with Crippen molar-refractivity contribution in [2.45, 2.75) is 45.1 Å². The number of carbonyl (C=O) groups is 1. The van der Waals surface area contributed by atoms with E-state index in [4.69, 9.17) is 16.3 Å². The van der Waals surface area contributed by atoms with Crippen LogP contribution in [0.2, 0.25) is 5.02 Å². The highest BCUT2D eigenvalue weighted by molar-refractivity contribution is 6.33. The smallest absolute Gasteiger partial charge is 0.309 e. The van der Waals surface area contributed by atoms with Gasteiger partial charge in [-0.15, -0.1) is 0 Å². The number of benzene rings is 1. The normalized spacial score (nSPS) is 33.2. The molecule has 156 valence electrons. The summed E-state index contributed by atoms with van der Waals surface area (Å²) in [6.07, 6.45) is 12.5. The molecule has 0 unspecified atom stereocenters. The maximum atomic E-state index is 12.4. The second kappa shape index (κ2) is 8.19. The van der Waals surface area contributed by atoms with E-state index in [9.17, 15) is 4.79 Å². The van der Waals surface area contributed by atoms with Gasteiger partial charge in [0.15, 0.2) is 0 Å². The van der Waals surface area contributed by atoms with Crippen molar-refractivity contribution in [3.8, 4) is 11.1 Å². The number of ether oxygens (including phenoxy) is 1. The summed E-state index contributed by atoms with van der Waals surface area (Å²) in [5, 5.41) is 0.735. The number of carbonyl (C=O) groups excluding carboxylic acids is 1. The van der Waals surface area contributed by atoms with Gasteiger partial charge in [0.25, 0.3) is 0 Å². The van der Waals surface area contributed by atoms with Crippen LogP contribution >= 0.6 is 11.6 Å². The average Bonchev–Trinajstić information content (AvgIpc) is 3.05. The van der Waals surface area contributed by atoms with E-state index < -0.39 is 0 Å². The summed E-state index contributed by atoms with van der Waals surface area (Å²) < 4.78 is 5.67. The highest BCUT2D eigenvalue weighted by atomic mass is 35.5. The van der Waals surface area contributed by atoms with Crippen molar-refractivity contribution in [3.63, 3.8) is 0 Å². The lowest BCUT2D eigenvalue weighted by molar-refractivity contribution is -0.144. The van der Waals surface area contributed by atoms with E-state index in [-0.39, 0.29) is 18.0 Å². The number of hydrogen-bond acceptors (Lipinski definition) is 3. The maximum absolute atomic E-state index is 12.4. The molecule has 1 saturated heterocycles. The fraction of sp³-hybridized carbons (Fsp3) is 0.462. The molecule has 1 aromatic carbocycles. The molecule has 4 heteroatoms. The summed E-state index contributed by atoms with van der Waals surface area (Å²) in [7, 11) is 0. The number of rotatable bonds is 3. The predicted molar refractivity (Wildman–Crippen MR) is 120 cm³/mol. The van der Waals surface area contributed by atoms with Crippen LogP contribution in [-0.4, -0.2) is 17.1 Å². The summed E-state index contributed by atoms with van der Waals surface area (Å²) in [5.74, 6) is 2.11. The first kappa shape index (κ1) is 19.8. The van der Waals surface area contributed by atoms with Gasteiger partial charge in [-0.2, -0.15) is 0 Å². The molecule has 0 amide bonds. The summed E-state index contributed by atoms with van der Waals surface area (Å²) in [6, 6.07) is 12.0. The van der Waals surface area contributed by atoms with Crippen LogP contribution < -0.4 is 0 Å². The molecule has 0 bridgehead atoms. The molecule has 6 atom stereocenters. The van der Waals surface area contributed by atoms with E-state index >= 15 is 0 Å². The topological polar surface area (TPSA) is 39.2 Å². The average molecular weight is 422 g/mol. The fourth-order valence-electron chi connectivity index (χ4n) is 6.15. The zero-order valence-electron chi connectivity index (χ0n) is 17.3. The minimum atomic E-state index is 0.00980. The van der Waals surface area contributed by atoms with Gasteiger partial charge in [0.1, 0.15) is 6.10 Å². The second-order valence-electron chi connectivity index (χ2n) is 9.16. The molecule has 0 N–H and O–H groups in total. The van der Waals surface area contributed by atoms with Gasteiger partial charge >= 0.3 is 5.97 Å². The van der Waals surface area contributed by atoms with Crippen molar-refractivity contribution < 1.29 is 9.53 Å². The number of aromatic nitrogens is 1. The van der Waals surface area contributed by atoms with Crippen molar-refractivity contribution in [1.29, 1.82) is 0 Å². The predicted octanol–water partition coefficient (Wildman–Crippen LogP) is 6.42. The summed E-state index contributed by atoms with van der Waals surface area (Å²) in [5.41, 5.74) is 2.96. The van der Waals surface area contributed by atoms with Crippen LogP contribution in [0.1, 0.15) is 44.7 Å². The zero-order valence-corrected chi connectivity index (χ0v) is 18.1. The van der Waals surface area contributed by atoms with Crippen LogP contribution in [0.15, 0.2) is 48.7 Å². The number of nitrogens with zero attached hydrogens (tertiary/aromatic N) is 1. The van der Waals surface area contributed by atoms with E-state index in [0.29, 0.717) is 23.7 Å². The van der Waals surface area contributed by atoms with Gasteiger partial charge in [0.2, 0.25) is 0 Å². The van der Waals surface area contributed by atoms with Gasteiger partial charge < -0.3 is 4.74 Å². The number of cyclic esters (lactones) is 1. The van der Waals surface area contributed by atoms with Crippen LogP contribution in [0.3, 0.4) is 0 Å². The molecular formula is C26H28ClNO2. The van der Waals surface area contributed by atoms with Crippen LogP contribution in [0, 0.1) is 29.6 Å². The van der Waals surface area contributed by atoms with Crippen molar-refractivity contribution in [3.05, 3.63) is 59.4 Å². The molecular weight excluding hydrogens is 394 g/mol. The van der Waals surface area contributed by atoms with Crippen molar-refractivity contribution in [2.24, 2.45) is 29.6 Å². The molecule has 3 nitrogen and oxygen atoms in total. The largest absolute Gasteiger partial charge is 0.462 e. The number of hydrogen-bond donors (Lipinski definition) is 0. The molecule has 5 rings (SSSR count). The third kappa shape index (κ3) is 3.58. The molecule has 3 fully saturated rings. The number of allylic oxidation sites excluding steroid dienone is 1. The van der Waals surface area contributed by atoms with Crippen molar-refractivity contribution >= 4 is 23.6 Å². The summed E-state index contributed by atoms with van der Waals surface area (Å²) in [6.45, 7) is 2.07. The van der Waals surface area contributed by atoms with Crippen LogP contribution in [0.5, 0.6) is 0 Å². The lowest BCUT2D eigenvalue weighted by Crippen LogP contribution is -2.42. The molecule has 0 spiro atoms. The number of pyridine rings is 1. The van der Waals surface area contributed by atoms with Crippen molar-refractivity contribution in [2.75, 3.05) is 0 Å². The first-order valence-electron chi connectivity index (χ1n) is 11.2. The Kier molecular flexibility index (Phi) is 5.41. The van der Waals surface area contributed by atoms with Gasteiger partial charge in [-0.1, -0.05) is 61.2 Å². The Balaban J connectivity index is 1.40. The van der Waals surface area contributed by atoms with E-state index in [1.165, 1.54) is 25.7 Å². The second-order valence-corrected chi connectivity index (χ2v) is 9.57. The van der Waals surface area contributed by atoms with E-state index in [1.807, 2.05) is 36.5 Å². The van der Waals surface area contributed by atoms with Crippen molar-refractivity contribution in [1.82, 2.24) is 4.98 Å². The summed E-state index contributed by atoms with van der Waals surface area (Å²) in [4.78, 5) is 17.1. The highest BCUT2D eigenvalue weighted by Gasteiger charge is 2.53. The minimum absolute atomic E-state index is 0.00980. The molecule has 1 aliphatic heterocycles. The molecule has 2 heterocycles. The molecule has 3 aliphatic rings. The van der Waals surface area contributed by atoms with Gasteiger partial charge in [-0.3, -0.25) is 9.78 Å². The van der Waals surface area contributed by atoms with Gasteiger partial charge in [-0.25, -0.2) is 0 Å². The molecule has 30 heavy (non-hydrogen) atoms. The molecule has 0 radical (unpaired) electrons.